The summed E-state index contributed by atoms with van der Waals surface area (Å²) >= 11 is 0. The molecule has 1 saturated heterocycles. The summed E-state index contributed by atoms with van der Waals surface area (Å²) in [7, 11) is 0.988. The van der Waals surface area contributed by atoms with Crippen LogP contribution in [-0.4, -0.2) is 88.6 Å². The maximum Gasteiger partial charge on any atom is 0.339 e. The zero-order chi connectivity index (χ0) is 35.6. The number of piperazine rings is 1. The number of hydrogen-bond acceptors (Lipinski definition) is 9. The number of rotatable bonds is 9. The van der Waals surface area contributed by atoms with Gasteiger partial charge in [-0.2, -0.15) is 4.31 Å². The van der Waals surface area contributed by atoms with Crippen LogP contribution in [0.4, 0.5) is 0 Å². The minimum absolute atomic E-state index is 0.152. The van der Waals surface area contributed by atoms with Gasteiger partial charge in [-0.1, -0.05) is 35.9 Å². The molecule has 1 aliphatic carbocycles. The number of ether oxygens (including phenoxy) is 4. The first-order chi connectivity index (χ1) is 24.0. The fourth-order valence-corrected chi connectivity index (χ4v) is 8.42. The standard InChI is InChI=1S/C38H41N3O8S/c1-24-13-14-33(25(2)19-24)50(44,45)41-17-15-40(16-18-41)34(42)23-49-38(43)35-28-10-6-7-12-30(28)39-36-27(9-8-11-29(35)36)20-26-21-31(46-3)37(48-5)32(22-26)47-4/h6-7,10,12-14,19-22H,8-9,11,15-18,23H2,1-5H3/b27-20-. The number of para-hydroxylation sites is 1. The minimum Gasteiger partial charge on any atom is -0.493 e. The summed E-state index contributed by atoms with van der Waals surface area (Å²) in [5.41, 5.74) is 5.98. The average Bonchev–Trinajstić information content (AvgIpc) is 3.12. The predicted octanol–water partition coefficient (Wildman–Crippen LogP) is 5.44. The van der Waals surface area contributed by atoms with Crippen molar-refractivity contribution in [1.82, 2.24) is 14.2 Å². The molecule has 12 heteroatoms. The summed E-state index contributed by atoms with van der Waals surface area (Å²) in [5, 5.41) is 0.656. The first-order valence-electron chi connectivity index (χ1n) is 16.5. The number of carbonyl (C=O) groups excluding carboxylic acids is 2. The number of allylic oxidation sites excluding steroid dienone is 1. The monoisotopic (exact) mass is 699 g/mol. The van der Waals surface area contributed by atoms with E-state index in [1.165, 1.54) is 4.31 Å². The number of aryl methyl sites for hydroxylation is 2. The molecule has 11 nitrogen and oxygen atoms in total. The number of hydrogen-bond donors (Lipinski definition) is 0. The molecule has 0 unspecified atom stereocenters. The Morgan fingerprint density at radius 1 is 0.880 bits per heavy atom. The third kappa shape index (κ3) is 6.77. The topological polar surface area (TPSA) is 125 Å². The molecule has 3 aromatic carbocycles. The van der Waals surface area contributed by atoms with E-state index in [0.29, 0.717) is 51.4 Å². The number of aromatic nitrogens is 1. The molecule has 1 aromatic heterocycles. The van der Waals surface area contributed by atoms with Crippen molar-refractivity contribution in [2.45, 2.75) is 38.0 Å². The van der Waals surface area contributed by atoms with Crippen LogP contribution in [0, 0.1) is 13.8 Å². The Hall–Kier alpha value is -4.94. The Morgan fingerprint density at radius 2 is 1.58 bits per heavy atom. The molecule has 262 valence electrons. The van der Waals surface area contributed by atoms with Gasteiger partial charge in [-0.05, 0) is 85.7 Å². The maximum atomic E-state index is 13.8. The minimum atomic E-state index is -3.70. The molecule has 1 fully saturated rings. The van der Waals surface area contributed by atoms with Crippen LogP contribution in [0.15, 0.2) is 59.5 Å². The van der Waals surface area contributed by atoms with Gasteiger partial charge in [0.2, 0.25) is 15.8 Å². The second-order valence-electron chi connectivity index (χ2n) is 12.4. The second kappa shape index (κ2) is 14.5. The molecule has 0 bridgehead atoms. The van der Waals surface area contributed by atoms with Crippen LogP contribution in [0.2, 0.25) is 0 Å². The number of amides is 1. The summed E-state index contributed by atoms with van der Waals surface area (Å²) in [4.78, 5) is 33.9. The Labute approximate surface area is 292 Å². The third-order valence-corrected chi connectivity index (χ3v) is 11.3. The first kappa shape index (κ1) is 34.9. The van der Waals surface area contributed by atoms with Crippen LogP contribution in [-0.2, 0) is 26.0 Å². The maximum absolute atomic E-state index is 13.8. The molecule has 50 heavy (non-hydrogen) atoms. The molecular weight excluding hydrogens is 658 g/mol. The number of benzene rings is 3. The number of nitrogens with zero attached hydrogens (tertiary/aromatic N) is 3. The number of carbonyl (C=O) groups is 2. The van der Waals surface area contributed by atoms with Crippen LogP contribution in [0.25, 0.3) is 22.6 Å². The van der Waals surface area contributed by atoms with E-state index in [9.17, 15) is 18.0 Å². The van der Waals surface area contributed by atoms with Gasteiger partial charge >= 0.3 is 5.97 Å². The van der Waals surface area contributed by atoms with Crippen molar-refractivity contribution >= 4 is 44.5 Å². The Morgan fingerprint density at radius 3 is 2.24 bits per heavy atom. The molecule has 2 aliphatic rings. The number of pyridine rings is 1. The van der Waals surface area contributed by atoms with E-state index < -0.39 is 22.6 Å². The van der Waals surface area contributed by atoms with Gasteiger partial charge in [0.05, 0.1) is 43.0 Å². The van der Waals surface area contributed by atoms with Crippen LogP contribution in [0.1, 0.15) is 51.1 Å². The zero-order valence-electron chi connectivity index (χ0n) is 28.9. The summed E-state index contributed by atoms with van der Waals surface area (Å²) in [5.74, 6) is 0.573. The predicted molar refractivity (Wildman–Crippen MR) is 190 cm³/mol. The number of fused-ring (bicyclic) bond motifs is 2. The van der Waals surface area contributed by atoms with Crippen molar-refractivity contribution in [2.24, 2.45) is 0 Å². The van der Waals surface area contributed by atoms with E-state index in [1.54, 1.807) is 45.3 Å². The van der Waals surface area contributed by atoms with Gasteiger partial charge in [0.25, 0.3) is 5.91 Å². The lowest BCUT2D eigenvalue weighted by Crippen LogP contribution is -2.51. The van der Waals surface area contributed by atoms with Crippen molar-refractivity contribution in [1.29, 1.82) is 0 Å². The smallest absolute Gasteiger partial charge is 0.339 e. The van der Waals surface area contributed by atoms with Crippen molar-refractivity contribution < 1.29 is 37.0 Å². The molecule has 0 radical (unpaired) electrons. The van der Waals surface area contributed by atoms with Crippen LogP contribution in [0.5, 0.6) is 17.2 Å². The lowest BCUT2D eigenvalue weighted by atomic mass is 9.86. The van der Waals surface area contributed by atoms with Crippen LogP contribution in [0.3, 0.4) is 0 Å². The normalized spacial score (nSPS) is 15.9. The quantitative estimate of drug-likeness (QED) is 0.210. The second-order valence-corrected chi connectivity index (χ2v) is 14.3. The van der Waals surface area contributed by atoms with Gasteiger partial charge in [-0.25, -0.2) is 18.2 Å². The van der Waals surface area contributed by atoms with Crippen molar-refractivity contribution in [3.05, 3.63) is 88.1 Å². The fraction of sp³-hybridized carbons (Fsp3) is 0.342. The fourth-order valence-electron chi connectivity index (χ4n) is 6.79. The Kier molecular flexibility index (Phi) is 10.1. The van der Waals surface area contributed by atoms with E-state index in [4.69, 9.17) is 23.9 Å². The van der Waals surface area contributed by atoms with Gasteiger partial charge in [-0.3, -0.25) is 4.79 Å². The first-order valence-corrected chi connectivity index (χ1v) is 17.9. The van der Waals surface area contributed by atoms with E-state index in [-0.39, 0.29) is 37.0 Å². The summed E-state index contributed by atoms with van der Waals surface area (Å²) in [6, 6.07) is 16.4. The summed E-state index contributed by atoms with van der Waals surface area (Å²) < 4.78 is 50.3. The molecule has 0 N–H and O–H groups in total. The van der Waals surface area contributed by atoms with E-state index in [1.807, 2.05) is 55.5 Å². The number of sulfonamides is 1. The van der Waals surface area contributed by atoms with Gasteiger partial charge in [0.1, 0.15) is 0 Å². The highest BCUT2D eigenvalue weighted by atomic mass is 32.2. The van der Waals surface area contributed by atoms with Gasteiger partial charge in [0.15, 0.2) is 18.1 Å². The van der Waals surface area contributed by atoms with Crippen LogP contribution >= 0.6 is 0 Å². The van der Waals surface area contributed by atoms with Crippen molar-refractivity contribution in [3.8, 4) is 17.2 Å². The zero-order valence-corrected chi connectivity index (χ0v) is 29.8. The Balaban J connectivity index is 1.21. The van der Waals surface area contributed by atoms with Gasteiger partial charge < -0.3 is 23.8 Å². The van der Waals surface area contributed by atoms with E-state index in [2.05, 4.69) is 0 Å². The highest BCUT2D eigenvalue weighted by Crippen LogP contribution is 2.41. The number of esters is 1. The highest BCUT2D eigenvalue weighted by molar-refractivity contribution is 7.89. The molecule has 0 saturated carbocycles. The van der Waals surface area contributed by atoms with Crippen molar-refractivity contribution in [2.75, 3.05) is 54.1 Å². The Bertz CT molecular complexity index is 2080. The largest absolute Gasteiger partial charge is 0.493 e. The average molecular weight is 700 g/mol. The highest BCUT2D eigenvalue weighted by Gasteiger charge is 2.32. The molecule has 0 spiro atoms. The van der Waals surface area contributed by atoms with E-state index in [0.717, 1.165) is 35.1 Å². The molecule has 0 atom stereocenters. The molecule has 6 rings (SSSR count). The molecular formula is C38H41N3O8S. The lowest BCUT2D eigenvalue weighted by molar-refractivity contribution is -0.135. The SMILES string of the molecule is COc1cc(/C=C2/CCCc3c2nc2ccccc2c3C(=O)OCC(=O)N2CCN(S(=O)(=O)c3ccc(C)cc3C)CC2)cc(OC)c1OC. The van der Waals surface area contributed by atoms with E-state index >= 15 is 0 Å². The van der Waals surface area contributed by atoms with Crippen molar-refractivity contribution in [3.63, 3.8) is 0 Å². The summed E-state index contributed by atoms with van der Waals surface area (Å²) in [6.45, 7) is 3.94. The lowest BCUT2D eigenvalue weighted by Gasteiger charge is -2.34. The van der Waals surface area contributed by atoms with Gasteiger partial charge in [0, 0.05) is 31.6 Å². The van der Waals surface area contributed by atoms with Crippen LogP contribution < -0.4 is 14.2 Å². The molecule has 4 aromatic rings. The summed E-state index contributed by atoms with van der Waals surface area (Å²) in [6.07, 6.45) is 4.17. The molecule has 1 aliphatic heterocycles. The number of methoxy groups -OCH3 is 3. The van der Waals surface area contributed by atoms with Gasteiger partial charge in [-0.15, -0.1) is 0 Å². The third-order valence-electron chi connectivity index (χ3n) is 9.27. The molecule has 1 amide bonds. The molecule has 2 heterocycles.